The van der Waals surface area contributed by atoms with E-state index in [1.54, 1.807) is 0 Å². The molecule has 9 N–H and O–H groups in total. The van der Waals surface area contributed by atoms with Gasteiger partial charge < -0.3 is 51.3 Å². The predicted molar refractivity (Wildman–Crippen MR) is 142 cm³/mol. The number of hydrogen-bond acceptors (Lipinski definition) is 14. The highest BCUT2D eigenvalue weighted by molar-refractivity contribution is 5.83. The number of aliphatic hydroxyl groups is 2. The molecule has 2 heterocycles. The van der Waals surface area contributed by atoms with Gasteiger partial charge in [0.25, 0.3) is 0 Å². The zero-order chi connectivity index (χ0) is 31.4. The van der Waals surface area contributed by atoms with Crippen molar-refractivity contribution < 1.29 is 47.9 Å². The number of nitrogens with zero attached hydrogens (tertiary/aromatic N) is 3. The van der Waals surface area contributed by atoms with Crippen LogP contribution in [0.5, 0.6) is 0 Å². The number of nitrogens with two attached hydrogens (primary N) is 2. The summed E-state index contributed by atoms with van der Waals surface area (Å²) < 4.78 is 35.8. The number of aliphatic hydroxyl groups excluding tert-OH is 2. The van der Waals surface area contributed by atoms with Gasteiger partial charge in [0.15, 0.2) is 29.9 Å². The van der Waals surface area contributed by atoms with Crippen molar-refractivity contribution in [2.75, 3.05) is 38.7 Å². The molecule has 1 amide bonds. The third-order valence-electron chi connectivity index (χ3n) is 5.56. The molecule has 0 aromatic carbocycles. The van der Waals surface area contributed by atoms with Gasteiger partial charge in [0.1, 0.15) is 25.4 Å². The Bertz CT molecular complexity index is 1210. The van der Waals surface area contributed by atoms with E-state index in [1.807, 2.05) is 5.32 Å². The van der Waals surface area contributed by atoms with E-state index in [-0.39, 0.29) is 37.7 Å². The first-order valence-corrected chi connectivity index (χ1v) is 12.6. The maximum atomic E-state index is 14.6. The number of anilines is 1. The SMILES string of the molecule is C=C(N)NCCC(=O)OCC(COC(=O)Nc1nc(=O)n([C@@H]2O[C@H](C)C(O)C2O)cc1F)OC(=O)CCNC(N)=NC. The Labute approximate surface area is 238 Å². The number of ether oxygens (including phenoxy) is 4. The molecule has 0 bridgehead atoms. The van der Waals surface area contributed by atoms with Crippen LogP contribution in [0.1, 0.15) is 26.0 Å². The highest BCUT2D eigenvalue weighted by Crippen LogP contribution is 2.28. The quantitative estimate of drug-likeness (QED) is 0.0496. The number of guanidine groups is 1. The number of aromatic nitrogens is 2. The molecule has 0 radical (unpaired) electrons. The van der Waals surface area contributed by atoms with Crippen LogP contribution in [-0.2, 0) is 28.5 Å². The summed E-state index contributed by atoms with van der Waals surface area (Å²) in [7, 11) is 1.44. The number of rotatable bonds is 14. The van der Waals surface area contributed by atoms with Gasteiger partial charge in [-0.15, -0.1) is 0 Å². The van der Waals surface area contributed by atoms with E-state index >= 15 is 0 Å². The molecule has 0 spiro atoms. The van der Waals surface area contributed by atoms with Gasteiger partial charge in [-0.25, -0.2) is 14.0 Å². The third kappa shape index (κ3) is 10.5. The number of esters is 2. The normalized spacial score (nSPS) is 20.7. The lowest BCUT2D eigenvalue weighted by molar-refractivity contribution is -0.161. The number of amides is 1. The van der Waals surface area contributed by atoms with Gasteiger partial charge in [-0.2, -0.15) is 4.98 Å². The van der Waals surface area contributed by atoms with Crippen LogP contribution in [0, 0.1) is 5.82 Å². The zero-order valence-corrected chi connectivity index (χ0v) is 22.9. The van der Waals surface area contributed by atoms with Crippen LogP contribution in [-0.4, -0.2) is 102 Å². The summed E-state index contributed by atoms with van der Waals surface area (Å²) in [4.78, 5) is 56.0. The fourth-order valence-electron chi connectivity index (χ4n) is 3.39. The van der Waals surface area contributed by atoms with E-state index in [0.29, 0.717) is 10.8 Å². The predicted octanol–water partition coefficient (Wildman–Crippen LogP) is -2.64. The Hall–Kier alpha value is -4.49. The Morgan fingerprint density at radius 2 is 1.81 bits per heavy atom. The number of halogens is 1. The first kappa shape index (κ1) is 33.7. The molecule has 1 aliphatic heterocycles. The molecule has 18 nitrogen and oxygen atoms in total. The lowest BCUT2D eigenvalue weighted by Crippen LogP contribution is -2.36. The zero-order valence-electron chi connectivity index (χ0n) is 22.9. The highest BCUT2D eigenvalue weighted by atomic mass is 19.1. The molecular formula is C23H35FN8O10. The van der Waals surface area contributed by atoms with Crippen molar-refractivity contribution in [3.8, 4) is 0 Å². The van der Waals surface area contributed by atoms with Crippen molar-refractivity contribution in [3.05, 3.63) is 34.9 Å². The number of aliphatic imine (C=N–C) groups is 1. The summed E-state index contributed by atoms with van der Waals surface area (Å²) in [5.74, 6) is -3.20. The van der Waals surface area contributed by atoms with Gasteiger partial charge in [-0.05, 0) is 6.92 Å². The van der Waals surface area contributed by atoms with Gasteiger partial charge in [0, 0.05) is 20.1 Å². The van der Waals surface area contributed by atoms with Crippen LogP contribution < -0.4 is 33.1 Å². The van der Waals surface area contributed by atoms with Crippen LogP contribution in [0.4, 0.5) is 15.0 Å². The van der Waals surface area contributed by atoms with E-state index < -0.39 is 79.2 Å². The van der Waals surface area contributed by atoms with Gasteiger partial charge in [0.05, 0.1) is 31.0 Å². The Morgan fingerprint density at radius 3 is 2.43 bits per heavy atom. The third-order valence-corrected chi connectivity index (χ3v) is 5.56. The van der Waals surface area contributed by atoms with E-state index in [1.165, 1.54) is 14.0 Å². The summed E-state index contributed by atoms with van der Waals surface area (Å²) in [5.41, 5.74) is 9.74. The summed E-state index contributed by atoms with van der Waals surface area (Å²) in [6, 6.07) is 0. The molecule has 0 saturated carbocycles. The van der Waals surface area contributed by atoms with E-state index in [4.69, 9.17) is 30.4 Å². The number of carbonyl (C=O) groups excluding carboxylic acids is 3. The molecule has 5 atom stereocenters. The smallest absolute Gasteiger partial charge is 0.413 e. The summed E-state index contributed by atoms with van der Waals surface area (Å²) in [5, 5.41) is 27.1. The Balaban J connectivity index is 1.99. The summed E-state index contributed by atoms with van der Waals surface area (Å²) in [6.45, 7) is 3.94. The van der Waals surface area contributed by atoms with Crippen molar-refractivity contribution in [1.29, 1.82) is 0 Å². The molecule has 1 aromatic heterocycles. The van der Waals surface area contributed by atoms with Crippen LogP contribution in [0.25, 0.3) is 0 Å². The fraction of sp³-hybridized carbons (Fsp3) is 0.565. The van der Waals surface area contributed by atoms with Crippen LogP contribution in [0.15, 0.2) is 28.4 Å². The lowest BCUT2D eigenvalue weighted by Gasteiger charge is -2.19. The largest absolute Gasteiger partial charge is 0.462 e. The van der Waals surface area contributed by atoms with Gasteiger partial charge >= 0.3 is 23.7 Å². The number of carbonyl (C=O) groups is 3. The van der Waals surface area contributed by atoms with Gasteiger partial charge in [-0.3, -0.25) is 24.5 Å². The van der Waals surface area contributed by atoms with E-state index in [0.717, 1.165) is 0 Å². The molecule has 1 aliphatic rings. The average molecular weight is 603 g/mol. The topological polar surface area (TPSA) is 264 Å². The number of hydrogen-bond donors (Lipinski definition) is 7. The second-order valence-corrected chi connectivity index (χ2v) is 8.85. The first-order chi connectivity index (χ1) is 19.8. The second-order valence-electron chi connectivity index (χ2n) is 8.85. The minimum atomic E-state index is -1.53. The fourth-order valence-corrected chi connectivity index (χ4v) is 3.39. The standard InChI is InChI=1S/C23H35FN8O10/c1-11-17(35)18(36)20(41-11)32-8-14(24)19(30-22(32)37)31-23(38)40-10-13(9-39-15(33)4-6-28-12(2)25)42-16(34)5-7-29-21(26)27-3/h8,11,13,17-18,20,28,35-36H,2,4-7,9-10,25H2,1,3H3,(H3,26,27,29)(H,30,31,37,38)/t11-,13?,17?,18?,20-/m1/s1. The summed E-state index contributed by atoms with van der Waals surface area (Å²) >= 11 is 0. The van der Waals surface area contributed by atoms with Crippen LogP contribution in [0.3, 0.4) is 0 Å². The highest BCUT2D eigenvalue weighted by Gasteiger charge is 2.42. The molecule has 2 rings (SSSR count). The molecule has 1 saturated heterocycles. The molecule has 1 aromatic rings. The molecule has 1 fully saturated rings. The van der Waals surface area contributed by atoms with Crippen molar-refractivity contribution in [1.82, 2.24) is 20.2 Å². The Morgan fingerprint density at radius 1 is 1.17 bits per heavy atom. The molecular weight excluding hydrogens is 567 g/mol. The maximum absolute atomic E-state index is 14.6. The minimum absolute atomic E-state index is 0.0712. The van der Waals surface area contributed by atoms with Crippen molar-refractivity contribution >= 4 is 29.8 Å². The monoisotopic (exact) mass is 602 g/mol. The first-order valence-electron chi connectivity index (χ1n) is 12.6. The van der Waals surface area contributed by atoms with Gasteiger partial charge in [-0.1, -0.05) is 6.58 Å². The van der Waals surface area contributed by atoms with Crippen molar-refractivity contribution in [2.45, 2.75) is 50.4 Å². The van der Waals surface area contributed by atoms with Crippen LogP contribution >= 0.6 is 0 Å². The minimum Gasteiger partial charge on any atom is -0.462 e. The van der Waals surface area contributed by atoms with Crippen LogP contribution in [0.2, 0.25) is 0 Å². The molecule has 3 unspecified atom stereocenters. The molecule has 19 heteroatoms. The second kappa shape index (κ2) is 16.1. The summed E-state index contributed by atoms with van der Waals surface area (Å²) in [6.07, 6.45) is -7.28. The Kier molecular flexibility index (Phi) is 12.9. The van der Waals surface area contributed by atoms with E-state index in [9.17, 15) is 33.8 Å². The maximum Gasteiger partial charge on any atom is 0.413 e. The van der Waals surface area contributed by atoms with E-state index in [2.05, 4.69) is 27.2 Å². The number of nitrogens with one attached hydrogen (secondary N) is 3. The van der Waals surface area contributed by atoms with Crippen molar-refractivity contribution in [3.63, 3.8) is 0 Å². The van der Waals surface area contributed by atoms with Gasteiger partial charge in [0.2, 0.25) is 0 Å². The molecule has 0 aliphatic carbocycles. The lowest BCUT2D eigenvalue weighted by atomic mass is 10.1. The average Bonchev–Trinajstić information content (AvgIpc) is 3.18. The molecule has 42 heavy (non-hydrogen) atoms. The van der Waals surface area contributed by atoms with Crippen molar-refractivity contribution in [2.24, 2.45) is 16.5 Å². The molecule has 234 valence electrons.